The number of rotatable bonds is 4. The van der Waals surface area contributed by atoms with E-state index >= 15 is 0 Å². The average Bonchev–Trinajstić information content (AvgIpc) is 3.33. The maximum absolute atomic E-state index is 12.9. The third-order valence-corrected chi connectivity index (χ3v) is 4.48. The quantitative estimate of drug-likeness (QED) is 0.691. The normalized spacial score (nSPS) is 16.0. The van der Waals surface area contributed by atoms with Crippen LogP contribution in [0.2, 0.25) is 0 Å². The molecule has 27 heavy (non-hydrogen) atoms. The first-order valence-corrected chi connectivity index (χ1v) is 8.50. The molecular formula is C18H17F3N4O2. The molecule has 0 saturated carbocycles. The van der Waals surface area contributed by atoms with Crippen LogP contribution in [0.5, 0.6) is 0 Å². The summed E-state index contributed by atoms with van der Waals surface area (Å²) < 4.78 is 49.1. The molecule has 0 radical (unpaired) electrons. The standard InChI is InChI=1S/C18H17F3N4O2/c19-18(20,21)13-3-1-4-14(11-13)25-8-6-24(7-9-25)12-16-22-17(23-27-16)15-5-2-10-26-15/h1-5,10-11H,6-9,12H2. The van der Waals surface area contributed by atoms with Crippen molar-refractivity contribution >= 4 is 5.69 Å². The van der Waals surface area contributed by atoms with Gasteiger partial charge in [0.25, 0.3) is 0 Å². The predicted molar refractivity (Wildman–Crippen MR) is 90.9 cm³/mol. The van der Waals surface area contributed by atoms with Crippen LogP contribution in [0, 0.1) is 0 Å². The summed E-state index contributed by atoms with van der Waals surface area (Å²) in [4.78, 5) is 8.39. The molecular weight excluding hydrogens is 361 g/mol. The average molecular weight is 378 g/mol. The number of nitrogens with zero attached hydrogens (tertiary/aromatic N) is 4. The molecule has 0 amide bonds. The number of benzene rings is 1. The Morgan fingerprint density at radius 2 is 1.85 bits per heavy atom. The minimum Gasteiger partial charge on any atom is -0.461 e. The molecule has 2 aromatic heterocycles. The zero-order valence-corrected chi connectivity index (χ0v) is 14.3. The fourth-order valence-electron chi connectivity index (χ4n) is 3.06. The summed E-state index contributed by atoms with van der Waals surface area (Å²) in [5, 5.41) is 3.90. The van der Waals surface area contributed by atoms with Crippen LogP contribution in [0.1, 0.15) is 11.5 Å². The lowest BCUT2D eigenvalue weighted by Crippen LogP contribution is -2.46. The largest absolute Gasteiger partial charge is 0.461 e. The lowest BCUT2D eigenvalue weighted by atomic mass is 10.1. The number of hydrogen-bond donors (Lipinski definition) is 0. The van der Waals surface area contributed by atoms with Crippen LogP contribution in [0.3, 0.4) is 0 Å². The van der Waals surface area contributed by atoms with Gasteiger partial charge in [-0.05, 0) is 30.3 Å². The van der Waals surface area contributed by atoms with Crippen LogP contribution >= 0.6 is 0 Å². The first kappa shape index (κ1) is 17.6. The van der Waals surface area contributed by atoms with Gasteiger partial charge in [-0.1, -0.05) is 11.2 Å². The molecule has 1 aliphatic rings. The van der Waals surface area contributed by atoms with E-state index in [0.29, 0.717) is 55.9 Å². The summed E-state index contributed by atoms with van der Waals surface area (Å²) in [7, 11) is 0. The molecule has 1 aliphatic heterocycles. The molecule has 6 nitrogen and oxygen atoms in total. The van der Waals surface area contributed by atoms with Gasteiger partial charge in [0, 0.05) is 31.9 Å². The van der Waals surface area contributed by atoms with E-state index in [4.69, 9.17) is 8.94 Å². The van der Waals surface area contributed by atoms with E-state index in [2.05, 4.69) is 15.0 Å². The molecule has 3 heterocycles. The van der Waals surface area contributed by atoms with Crippen molar-refractivity contribution in [1.29, 1.82) is 0 Å². The Labute approximate surface area is 153 Å². The number of alkyl halides is 3. The summed E-state index contributed by atoms with van der Waals surface area (Å²) >= 11 is 0. The second-order valence-corrected chi connectivity index (χ2v) is 6.30. The molecule has 1 aromatic carbocycles. The number of anilines is 1. The first-order chi connectivity index (χ1) is 13.0. The summed E-state index contributed by atoms with van der Waals surface area (Å²) in [5.41, 5.74) is -0.0406. The van der Waals surface area contributed by atoms with Gasteiger partial charge in [-0.3, -0.25) is 4.90 Å². The molecule has 1 saturated heterocycles. The molecule has 142 valence electrons. The van der Waals surface area contributed by atoms with Gasteiger partial charge in [-0.25, -0.2) is 0 Å². The second kappa shape index (κ2) is 7.07. The smallest absolute Gasteiger partial charge is 0.416 e. The fourth-order valence-corrected chi connectivity index (χ4v) is 3.06. The highest BCUT2D eigenvalue weighted by Crippen LogP contribution is 2.32. The third-order valence-electron chi connectivity index (χ3n) is 4.48. The Hall–Kier alpha value is -2.81. The van der Waals surface area contributed by atoms with Gasteiger partial charge in [0.1, 0.15) is 0 Å². The minimum absolute atomic E-state index is 0.401. The maximum atomic E-state index is 12.9. The third kappa shape index (κ3) is 3.97. The zero-order valence-electron chi connectivity index (χ0n) is 14.3. The molecule has 0 aliphatic carbocycles. The molecule has 0 N–H and O–H groups in total. The zero-order chi connectivity index (χ0) is 18.9. The van der Waals surface area contributed by atoms with Crippen molar-refractivity contribution in [3.05, 3.63) is 54.1 Å². The van der Waals surface area contributed by atoms with Crippen LogP contribution in [0.4, 0.5) is 18.9 Å². The first-order valence-electron chi connectivity index (χ1n) is 8.50. The maximum Gasteiger partial charge on any atom is 0.416 e. The Balaban J connectivity index is 1.36. The van der Waals surface area contributed by atoms with Gasteiger partial charge in [0.05, 0.1) is 18.4 Å². The molecule has 9 heteroatoms. The molecule has 0 spiro atoms. The van der Waals surface area contributed by atoms with Gasteiger partial charge in [-0.2, -0.15) is 18.2 Å². The highest BCUT2D eigenvalue weighted by atomic mass is 19.4. The molecule has 4 rings (SSSR count). The Bertz CT molecular complexity index is 884. The Kier molecular flexibility index (Phi) is 4.61. The van der Waals surface area contributed by atoms with E-state index < -0.39 is 11.7 Å². The molecule has 3 aromatic rings. The number of halogens is 3. The monoisotopic (exact) mass is 378 g/mol. The number of furan rings is 1. The Morgan fingerprint density at radius 3 is 2.56 bits per heavy atom. The number of hydrogen-bond acceptors (Lipinski definition) is 6. The van der Waals surface area contributed by atoms with Crippen molar-refractivity contribution in [2.45, 2.75) is 12.7 Å². The highest BCUT2D eigenvalue weighted by molar-refractivity contribution is 5.49. The lowest BCUT2D eigenvalue weighted by molar-refractivity contribution is -0.137. The molecule has 0 bridgehead atoms. The van der Waals surface area contributed by atoms with E-state index in [9.17, 15) is 13.2 Å². The van der Waals surface area contributed by atoms with Crippen molar-refractivity contribution in [2.24, 2.45) is 0 Å². The molecule has 0 atom stereocenters. The summed E-state index contributed by atoms with van der Waals surface area (Å²) in [6, 6.07) is 8.94. The number of aromatic nitrogens is 2. The van der Waals surface area contributed by atoms with Gasteiger partial charge in [-0.15, -0.1) is 0 Å². The SMILES string of the molecule is FC(F)(F)c1cccc(N2CCN(Cc3nc(-c4ccco4)no3)CC2)c1. The van der Waals surface area contributed by atoms with Gasteiger partial charge >= 0.3 is 6.18 Å². The van der Waals surface area contributed by atoms with E-state index in [1.807, 2.05) is 4.90 Å². The van der Waals surface area contributed by atoms with E-state index in [0.717, 1.165) is 6.07 Å². The van der Waals surface area contributed by atoms with Crippen LogP contribution in [-0.4, -0.2) is 41.2 Å². The fraction of sp³-hybridized carbons (Fsp3) is 0.333. The van der Waals surface area contributed by atoms with Crippen LogP contribution < -0.4 is 4.90 Å². The Morgan fingerprint density at radius 1 is 1.04 bits per heavy atom. The van der Waals surface area contributed by atoms with E-state index in [1.165, 1.54) is 12.1 Å². The van der Waals surface area contributed by atoms with Crippen LogP contribution in [0.15, 0.2) is 51.6 Å². The van der Waals surface area contributed by atoms with Crippen molar-refractivity contribution in [1.82, 2.24) is 15.0 Å². The summed E-state index contributed by atoms with van der Waals surface area (Å²) in [6.07, 6.45) is -2.79. The predicted octanol–water partition coefficient (Wildman–Crippen LogP) is 3.67. The van der Waals surface area contributed by atoms with Crippen molar-refractivity contribution < 1.29 is 22.1 Å². The second-order valence-electron chi connectivity index (χ2n) is 6.30. The van der Waals surface area contributed by atoms with Crippen molar-refractivity contribution in [2.75, 3.05) is 31.1 Å². The van der Waals surface area contributed by atoms with Gasteiger partial charge in [0.15, 0.2) is 5.76 Å². The van der Waals surface area contributed by atoms with Crippen molar-refractivity contribution in [3.63, 3.8) is 0 Å². The van der Waals surface area contributed by atoms with E-state index in [-0.39, 0.29) is 0 Å². The van der Waals surface area contributed by atoms with Gasteiger partial charge < -0.3 is 13.8 Å². The summed E-state index contributed by atoms with van der Waals surface area (Å²) in [6.45, 7) is 3.12. The van der Waals surface area contributed by atoms with Crippen LogP contribution in [-0.2, 0) is 12.7 Å². The molecule has 1 fully saturated rings. The van der Waals surface area contributed by atoms with Gasteiger partial charge in [0.2, 0.25) is 11.7 Å². The molecule has 0 unspecified atom stereocenters. The minimum atomic E-state index is -4.33. The highest BCUT2D eigenvalue weighted by Gasteiger charge is 2.31. The number of piperazine rings is 1. The lowest BCUT2D eigenvalue weighted by Gasteiger charge is -2.35. The summed E-state index contributed by atoms with van der Waals surface area (Å²) in [5.74, 6) is 1.42. The topological polar surface area (TPSA) is 58.5 Å². The van der Waals surface area contributed by atoms with E-state index in [1.54, 1.807) is 24.5 Å². The van der Waals surface area contributed by atoms with Crippen molar-refractivity contribution in [3.8, 4) is 11.6 Å². The van der Waals surface area contributed by atoms with Crippen LogP contribution in [0.25, 0.3) is 11.6 Å².